The highest BCUT2D eigenvalue weighted by atomic mass is 19.3. The average Bonchev–Trinajstić information content (AvgIpc) is 1.86. The smallest absolute Gasteiger partial charge is 0.257 e. The lowest BCUT2D eigenvalue weighted by Gasteiger charge is -2.17. The van der Waals surface area contributed by atoms with Crippen molar-refractivity contribution in [1.82, 2.24) is 0 Å². The molecule has 62 valence electrons. The maximum Gasteiger partial charge on any atom is 0.257 e. The van der Waals surface area contributed by atoms with E-state index in [1.807, 2.05) is 0 Å². The van der Waals surface area contributed by atoms with Crippen molar-refractivity contribution in [2.24, 2.45) is 5.41 Å². The molecule has 0 fully saturated rings. The van der Waals surface area contributed by atoms with E-state index in [4.69, 9.17) is 5.26 Å². The second-order valence-electron chi connectivity index (χ2n) is 2.71. The van der Waals surface area contributed by atoms with E-state index in [0.29, 0.717) is 0 Å². The van der Waals surface area contributed by atoms with Crippen molar-refractivity contribution in [1.29, 1.82) is 5.26 Å². The molecular formula is C7H9F2NO. The lowest BCUT2D eigenvalue weighted by atomic mass is 9.87. The lowest BCUT2D eigenvalue weighted by molar-refractivity contribution is -0.120. The molecule has 0 rings (SSSR count). The van der Waals surface area contributed by atoms with Gasteiger partial charge in [-0.05, 0) is 13.8 Å². The number of Topliss-reactive ketones (excluding diaryl/α,β-unsaturated/α-hetero) is 1. The van der Waals surface area contributed by atoms with Crippen LogP contribution in [0.5, 0.6) is 0 Å². The van der Waals surface area contributed by atoms with Gasteiger partial charge in [0.15, 0.2) is 0 Å². The van der Waals surface area contributed by atoms with Crippen LogP contribution in [0.4, 0.5) is 8.78 Å². The molecule has 2 nitrogen and oxygen atoms in total. The molecular weight excluding hydrogens is 152 g/mol. The number of carbonyl (C=O) groups excluding carboxylic acids is 1. The van der Waals surface area contributed by atoms with Crippen molar-refractivity contribution in [3.05, 3.63) is 0 Å². The van der Waals surface area contributed by atoms with Crippen molar-refractivity contribution in [3.8, 4) is 6.07 Å². The van der Waals surface area contributed by atoms with E-state index >= 15 is 0 Å². The maximum atomic E-state index is 12.1. The summed E-state index contributed by atoms with van der Waals surface area (Å²) < 4.78 is 24.1. The maximum absolute atomic E-state index is 12.1. The topological polar surface area (TPSA) is 40.9 Å². The SMILES string of the molecule is CC(=O)CC(C)(C#N)C(F)F. The Kier molecular flexibility index (Phi) is 3.12. The Bertz CT molecular complexity index is 197. The van der Waals surface area contributed by atoms with Gasteiger partial charge in [0.1, 0.15) is 11.2 Å². The minimum Gasteiger partial charge on any atom is -0.300 e. The van der Waals surface area contributed by atoms with Gasteiger partial charge in [-0.25, -0.2) is 8.78 Å². The Labute approximate surface area is 63.8 Å². The molecule has 0 aromatic heterocycles. The summed E-state index contributed by atoms with van der Waals surface area (Å²) >= 11 is 0. The molecule has 0 heterocycles. The van der Waals surface area contributed by atoms with Crippen LogP contribution in [0.1, 0.15) is 20.3 Å². The van der Waals surface area contributed by atoms with Crippen molar-refractivity contribution in [2.75, 3.05) is 0 Å². The van der Waals surface area contributed by atoms with Crippen LogP contribution in [0, 0.1) is 16.7 Å². The molecule has 0 aromatic rings. The standard InChI is InChI=1S/C7H9F2NO/c1-5(11)3-7(2,4-10)6(8)9/h6H,3H2,1-2H3. The first-order chi connectivity index (χ1) is 4.92. The van der Waals surface area contributed by atoms with Gasteiger partial charge in [0.2, 0.25) is 0 Å². The lowest BCUT2D eigenvalue weighted by Crippen LogP contribution is -2.26. The summed E-state index contributed by atoms with van der Waals surface area (Å²) in [4.78, 5) is 10.4. The number of carbonyl (C=O) groups is 1. The molecule has 0 aliphatic heterocycles. The Balaban J connectivity index is 4.38. The molecule has 0 amide bonds. The van der Waals surface area contributed by atoms with Crippen molar-refractivity contribution in [3.63, 3.8) is 0 Å². The fourth-order valence-electron chi connectivity index (χ4n) is 0.683. The number of rotatable bonds is 3. The third kappa shape index (κ3) is 2.62. The molecule has 4 heteroatoms. The van der Waals surface area contributed by atoms with E-state index in [1.165, 1.54) is 13.0 Å². The number of nitrogens with zero attached hydrogens (tertiary/aromatic N) is 1. The van der Waals surface area contributed by atoms with E-state index < -0.39 is 17.6 Å². The van der Waals surface area contributed by atoms with Gasteiger partial charge in [-0.3, -0.25) is 4.79 Å². The van der Waals surface area contributed by atoms with Gasteiger partial charge in [-0.2, -0.15) is 5.26 Å². The van der Waals surface area contributed by atoms with Crippen LogP contribution in [0.3, 0.4) is 0 Å². The van der Waals surface area contributed by atoms with E-state index in [9.17, 15) is 13.6 Å². The summed E-state index contributed by atoms with van der Waals surface area (Å²) in [7, 11) is 0. The number of hydrogen-bond donors (Lipinski definition) is 0. The molecule has 11 heavy (non-hydrogen) atoms. The number of hydrogen-bond acceptors (Lipinski definition) is 2. The Morgan fingerprint density at radius 1 is 1.73 bits per heavy atom. The molecule has 0 N–H and O–H groups in total. The van der Waals surface area contributed by atoms with Crippen LogP contribution in [0.25, 0.3) is 0 Å². The molecule has 0 bridgehead atoms. The third-order valence-electron chi connectivity index (χ3n) is 1.35. The third-order valence-corrected chi connectivity index (χ3v) is 1.35. The molecule has 1 unspecified atom stereocenters. The second kappa shape index (κ2) is 3.42. The van der Waals surface area contributed by atoms with Crippen LogP contribution in [0.2, 0.25) is 0 Å². The van der Waals surface area contributed by atoms with Crippen LogP contribution in [-0.2, 0) is 4.79 Å². The van der Waals surface area contributed by atoms with E-state index in [2.05, 4.69) is 0 Å². The molecule has 0 aliphatic carbocycles. The van der Waals surface area contributed by atoms with Crippen molar-refractivity contribution < 1.29 is 13.6 Å². The highest BCUT2D eigenvalue weighted by Gasteiger charge is 2.36. The van der Waals surface area contributed by atoms with Gasteiger partial charge in [0.05, 0.1) is 6.07 Å². The normalized spacial score (nSPS) is 15.6. The number of alkyl halides is 2. The first-order valence-corrected chi connectivity index (χ1v) is 3.11. The summed E-state index contributed by atoms with van der Waals surface area (Å²) in [6.07, 6.45) is -3.15. The fraction of sp³-hybridized carbons (Fsp3) is 0.714. The highest BCUT2D eigenvalue weighted by molar-refractivity contribution is 5.76. The van der Waals surface area contributed by atoms with E-state index in [-0.39, 0.29) is 6.42 Å². The molecule has 0 spiro atoms. The van der Waals surface area contributed by atoms with Crippen molar-refractivity contribution in [2.45, 2.75) is 26.7 Å². The monoisotopic (exact) mass is 161 g/mol. The van der Waals surface area contributed by atoms with E-state index in [1.54, 1.807) is 0 Å². The highest BCUT2D eigenvalue weighted by Crippen LogP contribution is 2.28. The summed E-state index contributed by atoms with van der Waals surface area (Å²) in [5, 5.41) is 8.32. The largest absolute Gasteiger partial charge is 0.300 e. The predicted octanol–water partition coefficient (Wildman–Crippen LogP) is 1.76. The van der Waals surface area contributed by atoms with Gasteiger partial charge in [0, 0.05) is 6.42 Å². The van der Waals surface area contributed by atoms with E-state index in [0.717, 1.165) is 6.92 Å². The summed E-state index contributed by atoms with van der Waals surface area (Å²) in [5.74, 6) is -0.394. The number of ketones is 1. The Morgan fingerprint density at radius 2 is 2.18 bits per heavy atom. The Morgan fingerprint density at radius 3 is 2.27 bits per heavy atom. The summed E-state index contributed by atoms with van der Waals surface area (Å²) in [6.45, 7) is 2.27. The quantitative estimate of drug-likeness (QED) is 0.632. The molecule has 0 aromatic carbocycles. The number of nitriles is 1. The Hall–Kier alpha value is -0.980. The van der Waals surface area contributed by atoms with Gasteiger partial charge in [-0.15, -0.1) is 0 Å². The van der Waals surface area contributed by atoms with Gasteiger partial charge in [0.25, 0.3) is 6.43 Å². The van der Waals surface area contributed by atoms with Gasteiger partial charge < -0.3 is 0 Å². The molecule has 0 saturated heterocycles. The van der Waals surface area contributed by atoms with Crippen molar-refractivity contribution >= 4 is 5.78 Å². The van der Waals surface area contributed by atoms with Gasteiger partial charge in [-0.1, -0.05) is 0 Å². The minimum atomic E-state index is -2.77. The van der Waals surface area contributed by atoms with Crippen LogP contribution in [0.15, 0.2) is 0 Å². The zero-order chi connectivity index (χ0) is 9.07. The minimum absolute atomic E-state index is 0.388. The first kappa shape index (κ1) is 10.0. The number of halogens is 2. The zero-order valence-corrected chi connectivity index (χ0v) is 6.40. The second-order valence-corrected chi connectivity index (χ2v) is 2.71. The average molecular weight is 161 g/mol. The molecule has 0 radical (unpaired) electrons. The summed E-state index contributed by atoms with van der Waals surface area (Å²) in [6, 6.07) is 1.44. The first-order valence-electron chi connectivity index (χ1n) is 3.11. The molecule has 0 aliphatic rings. The van der Waals surface area contributed by atoms with Crippen LogP contribution in [-0.4, -0.2) is 12.2 Å². The molecule has 0 saturated carbocycles. The fourth-order valence-corrected chi connectivity index (χ4v) is 0.683. The van der Waals surface area contributed by atoms with Gasteiger partial charge >= 0.3 is 0 Å². The summed E-state index contributed by atoms with van der Waals surface area (Å²) in [5.41, 5.74) is -1.81. The van der Waals surface area contributed by atoms with Crippen LogP contribution < -0.4 is 0 Å². The molecule has 1 atom stereocenters. The predicted molar refractivity (Wildman–Crippen MR) is 35.0 cm³/mol. The zero-order valence-electron chi connectivity index (χ0n) is 6.40. The van der Waals surface area contributed by atoms with Crippen LogP contribution >= 0.6 is 0 Å².